The summed E-state index contributed by atoms with van der Waals surface area (Å²) in [5.41, 5.74) is 7.99. The second kappa shape index (κ2) is 9.87. The van der Waals surface area contributed by atoms with E-state index < -0.39 is 0 Å². The van der Waals surface area contributed by atoms with Crippen molar-refractivity contribution in [1.82, 2.24) is 19.8 Å². The van der Waals surface area contributed by atoms with Gasteiger partial charge >= 0.3 is 0 Å². The van der Waals surface area contributed by atoms with Crippen LogP contribution in [-0.4, -0.2) is 53.4 Å². The largest absolute Gasteiger partial charge is 0.378 e. The number of imidazole rings is 1. The molecular weight excluding hydrogens is 414 g/mol. The average molecular weight is 444 g/mol. The van der Waals surface area contributed by atoms with Crippen LogP contribution in [0.3, 0.4) is 0 Å². The number of fused-ring (bicyclic) bond motifs is 1. The molecule has 1 unspecified atom stereocenters. The van der Waals surface area contributed by atoms with Gasteiger partial charge in [-0.15, -0.1) is 0 Å². The first kappa shape index (κ1) is 21.2. The maximum atomic E-state index is 5.46. The lowest BCUT2D eigenvalue weighted by Crippen LogP contribution is -2.36. The number of nitrogens with one attached hydrogen (secondary N) is 2. The zero-order valence-electron chi connectivity index (χ0n) is 18.8. The molecule has 0 bridgehead atoms. The first-order valence-corrected chi connectivity index (χ1v) is 11.4. The number of morpholine rings is 1. The van der Waals surface area contributed by atoms with Crippen LogP contribution in [0.2, 0.25) is 0 Å². The molecule has 5 rings (SSSR count). The van der Waals surface area contributed by atoms with E-state index in [4.69, 9.17) is 9.72 Å². The number of anilines is 3. The second-order valence-corrected chi connectivity index (χ2v) is 8.18. The zero-order chi connectivity index (χ0) is 22.5. The molecule has 2 aliphatic rings. The Hall–Kier alpha value is -3.65. The Morgan fingerprint density at radius 3 is 2.82 bits per heavy atom. The van der Waals surface area contributed by atoms with E-state index in [0.29, 0.717) is 5.92 Å². The Morgan fingerprint density at radius 1 is 1.21 bits per heavy atom. The first-order valence-electron chi connectivity index (χ1n) is 11.4. The van der Waals surface area contributed by atoms with Crippen molar-refractivity contribution in [3.05, 3.63) is 66.8 Å². The number of allylic oxidation sites excluding steroid dienone is 3. The SMILES string of the molecule is C/C=C(\C=C/C1CC=NNC1)c1cn2ccnc2c(Nc2ccc(N3CCOCC3)cc2)n1. The number of hydrazone groups is 1. The maximum absolute atomic E-state index is 5.46. The average Bonchev–Trinajstić information content (AvgIpc) is 3.35. The minimum absolute atomic E-state index is 0.428. The third-order valence-electron chi connectivity index (χ3n) is 5.98. The van der Waals surface area contributed by atoms with Crippen LogP contribution in [0.25, 0.3) is 11.2 Å². The molecule has 170 valence electrons. The predicted octanol–water partition coefficient (Wildman–Crippen LogP) is 3.86. The fraction of sp³-hybridized carbons (Fsp3) is 0.320. The molecule has 33 heavy (non-hydrogen) atoms. The van der Waals surface area contributed by atoms with E-state index in [1.54, 1.807) is 6.20 Å². The normalized spacial score (nSPS) is 19.2. The fourth-order valence-corrected chi connectivity index (χ4v) is 4.09. The Labute approximate surface area is 193 Å². The molecule has 0 amide bonds. The Bertz CT molecular complexity index is 1170. The highest BCUT2D eigenvalue weighted by atomic mass is 16.5. The molecule has 1 atom stereocenters. The highest BCUT2D eigenvalue weighted by Gasteiger charge is 2.13. The van der Waals surface area contributed by atoms with Gasteiger partial charge in [0.1, 0.15) is 0 Å². The summed E-state index contributed by atoms with van der Waals surface area (Å²) < 4.78 is 7.47. The van der Waals surface area contributed by atoms with Crippen LogP contribution in [0, 0.1) is 5.92 Å². The van der Waals surface area contributed by atoms with Gasteiger partial charge in [0.25, 0.3) is 0 Å². The molecule has 0 radical (unpaired) electrons. The van der Waals surface area contributed by atoms with Crippen LogP contribution in [0.1, 0.15) is 19.0 Å². The monoisotopic (exact) mass is 443 g/mol. The fourth-order valence-electron chi connectivity index (χ4n) is 4.09. The van der Waals surface area contributed by atoms with Gasteiger partial charge in [-0.3, -0.25) is 0 Å². The van der Waals surface area contributed by atoms with Crippen LogP contribution in [0.4, 0.5) is 17.2 Å². The lowest BCUT2D eigenvalue weighted by Gasteiger charge is -2.28. The van der Waals surface area contributed by atoms with Crippen LogP contribution < -0.4 is 15.6 Å². The van der Waals surface area contributed by atoms with Crippen molar-refractivity contribution in [2.45, 2.75) is 13.3 Å². The summed E-state index contributed by atoms with van der Waals surface area (Å²) in [5, 5.41) is 7.55. The van der Waals surface area contributed by atoms with Crippen molar-refractivity contribution in [1.29, 1.82) is 0 Å². The van der Waals surface area contributed by atoms with E-state index in [1.807, 2.05) is 29.9 Å². The molecule has 8 heteroatoms. The first-order chi connectivity index (χ1) is 16.3. The molecule has 0 spiro atoms. The van der Waals surface area contributed by atoms with Gasteiger partial charge in [-0.2, -0.15) is 5.10 Å². The second-order valence-electron chi connectivity index (χ2n) is 8.18. The molecule has 2 N–H and O–H groups in total. The number of rotatable bonds is 6. The maximum Gasteiger partial charge on any atom is 0.180 e. The predicted molar refractivity (Wildman–Crippen MR) is 133 cm³/mol. The highest BCUT2D eigenvalue weighted by Crippen LogP contribution is 2.25. The molecule has 2 aliphatic heterocycles. The summed E-state index contributed by atoms with van der Waals surface area (Å²) in [6, 6.07) is 8.46. The van der Waals surface area contributed by atoms with Crippen molar-refractivity contribution in [2.75, 3.05) is 43.1 Å². The van der Waals surface area contributed by atoms with E-state index in [9.17, 15) is 0 Å². The Morgan fingerprint density at radius 2 is 2.06 bits per heavy atom. The summed E-state index contributed by atoms with van der Waals surface area (Å²) in [6.07, 6.45) is 15.1. The minimum atomic E-state index is 0.428. The van der Waals surface area contributed by atoms with Gasteiger partial charge in [0, 0.05) is 61.7 Å². The van der Waals surface area contributed by atoms with Crippen molar-refractivity contribution >= 4 is 34.6 Å². The highest BCUT2D eigenvalue weighted by molar-refractivity contribution is 5.77. The van der Waals surface area contributed by atoms with Gasteiger partial charge in [-0.25, -0.2) is 9.97 Å². The van der Waals surface area contributed by atoms with Crippen molar-refractivity contribution < 1.29 is 4.74 Å². The molecule has 0 aliphatic carbocycles. The smallest absolute Gasteiger partial charge is 0.180 e. The van der Waals surface area contributed by atoms with E-state index >= 15 is 0 Å². The minimum Gasteiger partial charge on any atom is -0.378 e. The summed E-state index contributed by atoms with van der Waals surface area (Å²) in [7, 11) is 0. The summed E-state index contributed by atoms with van der Waals surface area (Å²) in [6.45, 7) is 6.30. The van der Waals surface area contributed by atoms with Gasteiger partial charge in [-0.1, -0.05) is 18.2 Å². The number of nitrogens with zero attached hydrogens (tertiary/aromatic N) is 5. The molecule has 0 saturated carbocycles. The molecule has 2 aromatic heterocycles. The number of ether oxygens (including phenoxy) is 1. The van der Waals surface area contributed by atoms with E-state index in [0.717, 1.165) is 67.7 Å². The van der Waals surface area contributed by atoms with Gasteiger partial charge in [0.2, 0.25) is 0 Å². The quantitative estimate of drug-likeness (QED) is 0.563. The van der Waals surface area contributed by atoms with Crippen LogP contribution in [0.5, 0.6) is 0 Å². The number of hydrogen-bond acceptors (Lipinski definition) is 7. The Balaban J connectivity index is 1.38. The van der Waals surface area contributed by atoms with Crippen LogP contribution >= 0.6 is 0 Å². The lowest BCUT2D eigenvalue weighted by molar-refractivity contribution is 0.122. The van der Waals surface area contributed by atoms with E-state index in [1.165, 1.54) is 5.69 Å². The van der Waals surface area contributed by atoms with Gasteiger partial charge in [0.15, 0.2) is 11.5 Å². The zero-order valence-corrected chi connectivity index (χ0v) is 18.8. The lowest BCUT2D eigenvalue weighted by atomic mass is 10.0. The van der Waals surface area contributed by atoms with Gasteiger partial charge < -0.3 is 24.8 Å². The summed E-state index contributed by atoms with van der Waals surface area (Å²) >= 11 is 0. The summed E-state index contributed by atoms with van der Waals surface area (Å²) in [4.78, 5) is 11.8. The van der Waals surface area contributed by atoms with E-state index in [-0.39, 0.29) is 0 Å². The topological polar surface area (TPSA) is 79.1 Å². The third kappa shape index (κ3) is 4.90. The van der Waals surface area contributed by atoms with Crippen molar-refractivity contribution in [3.8, 4) is 0 Å². The number of benzene rings is 1. The molecule has 1 saturated heterocycles. The number of aromatic nitrogens is 3. The molecule has 3 aromatic rings. The molecule has 8 nitrogen and oxygen atoms in total. The Kier molecular flexibility index (Phi) is 6.34. The molecule has 4 heterocycles. The molecule has 1 aromatic carbocycles. The third-order valence-corrected chi connectivity index (χ3v) is 5.98. The summed E-state index contributed by atoms with van der Waals surface area (Å²) in [5.74, 6) is 1.16. The van der Waals surface area contributed by atoms with Gasteiger partial charge in [-0.05, 0) is 43.2 Å². The van der Waals surface area contributed by atoms with Crippen LogP contribution in [-0.2, 0) is 4.74 Å². The van der Waals surface area contributed by atoms with Crippen molar-refractivity contribution in [3.63, 3.8) is 0 Å². The standard InChI is InChI=1S/C25H29N7O/c1-2-20(4-3-19-9-10-27-28-17-19)23-18-32-12-11-26-25(32)24(30-23)29-21-5-7-22(8-6-21)31-13-15-33-16-14-31/h2-8,10-12,18-19,28H,9,13-17H2,1H3,(H,29,30)/b4-3-,20-2+. The molecular formula is C25H29N7O. The van der Waals surface area contributed by atoms with Crippen LogP contribution in [0.15, 0.2) is 66.2 Å². The number of hydrogen-bond donors (Lipinski definition) is 2. The van der Waals surface area contributed by atoms with Crippen molar-refractivity contribution in [2.24, 2.45) is 11.0 Å². The van der Waals surface area contributed by atoms with E-state index in [2.05, 4.69) is 68.2 Å². The molecule has 1 fully saturated rings. The van der Waals surface area contributed by atoms with Gasteiger partial charge in [0.05, 0.1) is 18.9 Å².